The number of carbonyl (C=O) groups is 1. The Balaban J connectivity index is 2.05. The predicted octanol–water partition coefficient (Wildman–Crippen LogP) is 5.93. The summed E-state index contributed by atoms with van der Waals surface area (Å²) in [5.41, 5.74) is 2.69. The largest absolute Gasteiger partial charge is 0.478 e. The van der Waals surface area contributed by atoms with E-state index in [-0.39, 0.29) is 5.56 Å². The Bertz CT molecular complexity index is 991. The molecule has 1 aromatic carbocycles. The number of hydrogen-bond donors (Lipinski definition) is 2. The molecule has 3 rings (SSSR count). The van der Waals surface area contributed by atoms with Gasteiger partial charge in [0, 0.05) is 21.4 Å². The Labute approximate surface area is 168 Å². The Morgan fingerprint density at radius 3 is 2.69 bits per heavy atom. The van der Waals surface area contributed by atoms with Crippen molar-refractivity contribution in [1.82, 2.24) is 9.97 Å². The summed E-state index contributed by atoms with van der Waals surface area (Å²) in [7, 11) is 0. The number of hydrogen-bond acceptors (Lipinski definition) is 5. The molecule has 0 aliphatic rings. The van der Waals surface area contributed by atoms with Gasteiger partial charge in [0.2, 0.25) is 0 Å². The Morgan fingerprint density at radius 1 is 1.31 bits per heavy atom. The summed E-state index contributed by atoms with van der Waals surface area (Å²) in [6.07, 6.45) is 0.752. The van der Waals surface area contributed by atoms with E-state index >= 15 is 0 Å². The first-order valence-corrected chi connectivity index (χ1v) is 9.81. The van der Waals surface area contributed by atoms with Crippen molar-refractivity contribution in [3.05, 3.63) is 56.0 Å². The summed E-state index contributed by atoms with van der Waals surface area (Å²) in [5.74, 6) is 0.261. The third-order valence-electron chi connectivity index (χ3n) is 3.82. The van der Waals surface area contributed by atoms with Gasteiger partial charge in [-0.05, 0) is 59.6 Å². The van der Waals surface area contributed by atoms with Crippen LogP contribution in [0.15, 0.2) is 34.8 Å². The van der Waals surface area contributed by atoms with Crippen molar-refractivity contribution < 1.29 is 9.90 Å². The molecule has 0 amide bonds. The zero-order chi connectivity index (χ0) is 18.8. The van der Waals surface area contributed by atoms with Crippen LogP contribution in [0.1, 0.15) is 28.5 Å². The standard InChI is InChI=1S/C18H15BrClN3O2S/c1-3-11-9(2)21-17(14-6-7-15(20)26-14)23-16(11)22-10-4-5-13(19)12(8-10)18(24)25/h4-8H,3H2,1-2H3,(H,24,25)(H,21,22,23). The molecule has 8 heteroatoms. The van der Waals surface area contributed by atoms with Crippen molar-refractivity contribution in [2.45, 2.75) is 20.3 Å². The van der Waals surface area contributed by atoms with Gasteiger partial charge >= 0.3 is 5.97 Å². The molecular formula is C18H15BrClN3O2S. The Kier molecular flexibility index (Phi) is 5.60. The van der Waals surface area contributed by atoms with Crippen LogP contribution in [0.4, 0.5) is 11.5 Å². The van der Waals surface area contributed by atoms with Gasteiger partial charge in [0.15, 0.2) is 5.82 Å². The lowest BCUT2D eigenvalue weighted by Gasteiger charge is -2.14. The van der Waals surface area contributed by atoms with Crippen molar-refractivity contribution in [1.29, 1.82) is 0 Å². The monoisotopic (exact) mass is 451 g/mol. The van der Waals surface area contributed by atoms with Crippen LogP contribution in [-0.4, -0.2) is 21.0 Å². The second-order valence-corrected chi connectivity index (χ2v) is 8.11. The van der Waals surface area contributed by atoms with Gasteiger partial charge in [-0.15, -0.1) is 11.3 Å². The van der Waals surface area contributed by atoms with Crippen LogP contribution in [0.25, 0.3) is 10.7 Å². The molecule has 3 aromatic rings. The minimum absolute atomic E-state index is 0.184. The lowest BCUT2D eigenvalue weighted by Crippen LogP contribution is -2.06. The molecule has 26 heavy (non-hydrogen) atoms. The molecule has 5 nitrogen and oxygen atoms in total. The van der Waals surface area contributed by atoms with E-state index in [0.717, 1.165) is 22.6 Å². The quantitative estimate of drug-likeness (QED) is 0.501. The predicted molar refractivity (Wildman–Crippen MR) is 109 cm³/mol. The zero-order valence-corrected chi connectivity index (χ0v) is 17.2. The first-order valence-electron chi connectivity index (χ1n) is 7.82. The summed E-state index contributed by atoms with van der Waals surface area (Å²) in [6.45, 7) is 3.97. The zero-order valence-electron chi connectivity index (χ0n) is 14.0. The number of thiophene rings is 1. The fourth-order valence-corrected chi connectivity index (χ4v) is 3.96. The fraction of sp³-hybridized carbons (Fsp3) is 0.167. The van der Waals surface area contributed by atoms with Crippen molar-refractivity contribution >= 4 is 56.3 Å². The Morgan fingerprint density at radius 2 is 2.08 bits per heavy atom. The first kappa shape index (κ1) is 18.8. The van der Waals surface area contributed by atoms with Crippen LogP contribution in [0.3, 0.4) is 0 Å². The van der Waals surface area contributed by atoms with Crippen LogP contribution in [0, 0.1) is 6.92 Å². The van der Waals surface area contributed by atoms with E-state index in [2.05, 4.69) is 31.2 Å². The molecule has 0 fully saturated rings. The maximum absolute atomic E-state index is 11.4. The molecule has 0 radical (unpaired) electrons. The summed E-state index contributed by atoms with van der Waals surface area (Å²) in [6, 6.07) is 8.78. The smallest absolute Gasteiger partial charge is 0.336 e. The van der Waals surface area contributed by atoms with Crippen LogP contribution < -0.4 is 5.32 Å². The number of aromatic carboxylic acids is 1. The number of halogens is 2. The normalized spacial score (nSPS) is 10.8. The molecule has 0 bridgehead atoms. The van der Waals surface area contributed by atoms with Gasteiger partial charge in [-0.2, -0.15) is 0 Å². The maximum atomic E-state index is 11.4. The van der Waals surface area contributed by atoms with Gasteiger partial charge in [-0.1, -0.05) is 18.5 Å². The molecule has 0 saturated carbocycles. The molecule has 0 saturated heterocycles. The fourth-order valence-electron chi connectivity index (χ4n) is 2.57. The maximum Gasteiger partial charge on any atom is 0.336 e. The molecular weight excluding hydrogens is 438 g/mol. The average Bonchev–Trinajstić information content (AvgIpc) is 3.02. The highest BCUT2D eigenvalue weighted by atomic mass is 79.9. The highest BCUT2D eigenvalue weighted by molar-refractivity contribution is 9.10. The van der Waals surface area contributed by atoms with Gasteiger partial charge in [-0.3, -0.25) is 0 Å². The second kappa shape index (κ2) is 7.73. The van der Waals surface area contributed by atoms with E-state index in [1.54, 1.807) is 18.2 Å². The van der Waals surface area contributed by atoms with Crippen molar-refractivity contribution in [3.63, 3.8) is 0 Å². The first-order chi connectivity index (χ1) is 12.4. The summed E-state index contributed by atoms with van der Waals surface area (Å²) < 4.78 is 1.20. The number of aryl methyl sites for hydroxylation is 1. The second-order valence-electron chi connectivity index (χ2n) is 5.54. The number of nitrogens with one attached hydrogen (secondary N) is 1. The van der Waals surface area contributed by atoms with E-state index in [1.165, 1.54) is 11.3 Å². The van der Waals surface area contributed by atoms with E-state index in [4.69, 9.17) is 11.6 Å². The Hall–Kier alpha value is -1.96. The van der Waals surface area contributed by atoms with E-state index in [0.29, 0.717) is 26.1 Å². The topological polar surface area (TPSA) is 75.1 Å². The minimum Gasteiger partial charge on any atom is -0.478 e. The van der Waals surface area contributed by atoms with Crippen LogP contribution in [0.5, 0.6) is 0 Å². The number of carboxylic acid groups (broad SMARTS) is 1. The van der Waals surface area contributed by atoms with E-state index in [9.17, 15) is 9.90 Å². The number of aromatic nitrogens is 2. The number of carboxylic acids is 1. The van der Waals surface area contributed by atoms with Gasteiger partial charge in [0.05, 0.1) is 14.8 Å². The number of anilines is 2. The lowest BCUT2D eigenvalue weighted by molar-refractivity contribution is 0.0696. The van der Waals surface area contributed by atoms with Gasteiger partial charge in [-0.25, -0.2) is 14.8 Å². The lowest BCUT2D eigenvalue weighted by atomic mass is 10.1. The van der Waals surface area contributed by atoms with Crippen molar-refractivity contribution in [2.75, 3.05) is 5.32 Å². The van der Waals surface area contributed by atoms with Gasteiger partial charge < -0.3 is 10.4 Å². The summed E-state index contributed by atoms with van der Waals surface area (Å²) >= 11 is 10.7. The van der Waals surface area contributed by atoms with Crippen LogP contribution >= 0.6 is 38.9 Å². The van der Waals surface area contributed by atoms with E-state index in [1.807, 2.05) is 26.0 Å². The van der Waals surface area contributed by atoms with Crippen LogP contribution in [-0.2, 0) is 6.42 Å². The van der Waals surface area contributed by atoms with Gasteiger partial charge in [0.1, 0.15) is 5.82 Å². The number of nitrogens with zero attached hydrogens (tertiary/aromatic N) is 2. The molecule has 0 spiro atoms. The van der Waals surface area contributed by atoms with Crippen molar-refractivity contribution in [3.8, 4) is 10.7 Å². The highest BCUT2D eigenvalue weighted by Crippen LogP contribution is 2.32. The SMILES string of the molecule is CCc1c(C)nc(-c2ccc(Cl)s2)nc1Nc1ccc(Br)c(C(=O)O)c1. The van der Waals surface area contributed by atoms with Crippen molar-refractivity contribution in [2.24, 2.45) is 0 Å². The molecule has 0 aliphatic heterocycles. The molecule has 2 aromatic heterocycles. The molecule has 2 N–H and O–H groups in total. The summed E-state index contributed by atoms with van der Waals surface area (Å²) in [5, 5.41) is 12.5. The third kappa shape index (κ3) is 3.90. The molecule has 2 heterocycles. The molecule has 0 atom stereocenters. The van der Waals surface area contributed by atoms with Crippen LogP contribution in [0.2, 0.25) is 4.34 Å². The highest BCUT2D eigenvalue weighted by Gasteiger charge is 2.15. The minimum atomic E-state index is -0.996. The number of rotatable bonds is 5. The molecule has 134 valence electrons. The number of benzene rings is 1. The summed E-state index contributed by atoms with van der Waals surface area (Å²) in [4.78, 5) is 21.5. The third-order valence-corrected chi connectivity index (χ3v) is 5.74. The molecule has 0 aliphatic carbocycles. The average molecular weight is 453 g/mol. The van der Waals surface area contributed by atoms with Gasteiger partial charge in [0.25, 0.3) is 0 Å². The molecule has 0 unspecified atom stereocenters. The van der Waals surface area contributed by atoms with E-state index < -0.39 is 5.97 Å².